The average molecular weight is 233 g/mol. The summed E-state index contributed by atoms with van der Waals surface area (Å²) in [5.74, 6) is 0.168. The first kappa shape index (κ1) is 12.0. The number of carbonyl (C=O) groups excluding carboxylic acids is 1. The second-order valence-electron chi connectivity index (χ2n) is 4.42. The Morgan fingerprint density at radius 2 is 2.41 bits per heavy atom. The molecule has 17 heavy (non-hydrogen) atoms. The third-order valence-electron chi connectivity index (χ3n) is 3.25. The highest BCUT2D eigenvalue weighted by atomic mass is 16.2. The fourth-order valence-corrected chi connectivity index (χ4v) is 2.42. The number of piperidine rings is 1. The molecule has 2 N–H and O–H groups in total. The SMILES string of the molecule is NCCC(=O)N1CCCC[C@@H]1c1cccnc1. The Morgan fingerprint density at radius 3 is 3.12 bits per heavy atom. The van der Waals surface area contributed by atoms with Gasteiger partial charge in [0, 0.05) is 31.9 Å². The van der Waals surface area contributed by atoms with Gasteiger partial charge in [-0.05, 0) is 30.9 Å². The second-order valence-corrected chi connectivity index (χ2v) is 4.42. The molecule has 92 valence electrons. The maximum Gasteiger partial charge on any atom is 0.224 e. The van der Waals surface area contributed by atoms with E-state index in [1.807, 2.05) is 23.2 Å². The minimum atomic E-state index is 0.168. The summed E-state index contributed by atoms with van der Waals surface area (Å²) in [7, 11) is 0. The van der Waals surface area contributed by atoms with E-state index in [1.54, 1.807) is 6.20 Å². The van der Waals surface area contributed by atoms with Gasteiger partial charge in [0.05, 0.1) is 6.04 Å². The predicted molar refractivity (Wildman–Crippen MR) is 66.2 cm³/mol. The zero-order valence-electron chi connectivity index (χ0n) is 10.0. The van der Waals surface area contributed by atoms with Crippen LogP contribution in [-0.2, 0) is 4.79 Å². The lowest BCUT2D eigenvalue weighted by atomic mass is 9.96. The van der Waals surface area contributed by atoms with Gasteiger partial charge in [0.15, 0.2) is 0 Å². The molecule has 0 spiro atoms. The number of amides is 1. The summed E-state index contributed by atoms with van der Waals surface area (Å²) in [6, 6.07) is 4.16. The molecule has 1 saturated heterocycles. The molecule has 1 fully saturated rings. The highest BCUT2D eigenvalue weighted by Crippen LogP contribution is 2.30. The number of hydrogen-bond acceptors (Lipinski definition) is 3. The van der Waals surface area contributed by atoms with Crippen LogP contribution in [0.5, 0.6) is 0 Å². The van der Waals surface area contributed by atoms with Gasteiger partial charge < -0.3 is 10.6 Å². The molecular weight excluding hydrogens is 214 g/mol. The molecule has 1 amide bonds. The monoisotopic (exact) mass is 233 g/mol. The summed E-state index contributed by atoms with van der Waals surface area (Å²) in [5.41, 5.74) is 6.60. The normalized spacial score (nSPS) is 20.3. The summed E-state index contributed by atoms with van der Waals surface area (Å²) >= 11 is 0. The van der Waals surface area contributed by atoms with Crippen molar-refractivity contribution in [2.45, 2.75) is 31.7 Å². The molecule has 4 heteroatoms. The highest BCUT2D eigenvalue weighted by Gasteiger charge is 2.27. The Kier molecular flexibility index (Phi) is 4.09. The molecule has 1 aromatic heterocycles. The van der Waals surface area contributed by atoms with E-state index in [1.165, 1.54) is 6.42 Å². The van der Waals surface area contributed by atoms with Crippen molar-refractivity contribution in [1.82, 2.24) is 9.88 Å². The van der Waals surface area contributed by atoms with Crippen molar-refractivity contribution in [3.05, 3.63) is 30.1 Å². The molecule has 4 nitrogen and oxygen atoms in total. The van der Waals surface area contributed by atoms with E-state index in [9.17, 15) is 4.79 Å². The van der Waals surface area contributed by atoms with E-state index < -0.39 is 0 Å². The number of rotatable bonds is 3. The van der Waals surface area contributed by atoms with Gasteiger partial charge in [-0.1, -0.05) is 6.07 Å². The van der Waals surface area contributed by atoms with Crippen LogP contribution in [0.2, 0.25) is 0 Å². The molecule has 0 aromatic carbocycles. The maximum absolute atomic E-state index is 12.0. The van der Waals surface area contributed by atoms with Crippen molar-refractivity contribution in [2.75, 3.05) is 13.1 Å². The van der Waals surface area contributed by atoms with E-state index in [-0.39, 0.29) is 11.9 Å². The molecule has 0 aliphatic carbocycles. The smallest absolute Gasteiger partial charge is 0.224 e. The number of pyridine rings is 1. The van der Waals surface area contributed by atoms with Crippen molar-refractivity contribution >= 4 is 5.91 Å². The van der Waals surface area contributed by atoms with Gasteiger partial charge in [-0.25, -0.2) is 0 Å². The standard InChI is InChI=1S/C13H19N3O/c14-7-6-13(17)16-9-2-1-5-12(16)11-4-3-8-15-10-11/h3-4,8,10,12H,1-2,5-7,9,14H2/t12-/m1/s1. The zero-order chi connectivity index (χ0) is 12.1. The Morgan fingerprint density at radius 1 is 1.53 bits per heavy atom. The quantitative estimate of drug-likeness (QED) is 0.860. The fraction of sp³-hybridized carbons (Fsp3) is 0.538. The van der Waals surface area contributed by atoms with E-state index >= 15 is 0 Å². The van der Waals surface area contributed by atoms with Crippen LogP contribution in [0.4, 0.5) is 0 Å². The van der Waals surface area contributed by atoms with E-state index in [4.69, 9.17) is 5.73 Å². The van der Waals surface area contributed by atoms with Crippen LogP contribution >= 0.6 is 0 Å². The van der Waals surface area contributed by atoms with Crippen molar-refractivity contribution in [1.29, 1.82) is 0 Å². The number of aromatic nitrogens is 1. The van der Waals surface area contributed by atoms with Gasteiger partial charge in [0.25, 0.3) is 0 Å². The van der Waals surface area contributed by atoms with E-state index in [2.05, 4.69) is 4.98 Å². The first-order valence-corrected chi connectivity index (χ1v) is 6.22. The molecule has 1 aliphatic heterocycles. The fourth-order valence-electron chi connectivity index (χ4n) is 2.42. The van der Waals surface area contributed by atoms with Gasteiger partial charge in [-0.15, -0.1) is 0 Å². The van der Waals surface area contributed by atoms with Gasteiger partial charge in [0.1, 0.15) is 0 Å². The largest absolute Gasteiger partial charge is 0.336 e. The van der Waals surface area contributed by atoms with Gasteiger partial charge >= 0.3 is 0 Å². The number of nitrogens with zero attached hydrogens (tertiary/aromatic N) is 2. The second kappa shape index (κ2) is 5.77. The Hall–Kier alpha value is -1.42. The van der Waals surface area contributed by atoms with Gasteiger partial charge in [0.2, 0.25) is 5.91 Å². The molecule has 1 aromatic rings. The van der Waals surface area contributed by atoms with Gasteiger partial charge in [-0.2, -0.15) is 0 Å². The number of nitrogens with two attached hydrogens (primary N) is 1. The van der Waals surface area contributed by atoms with Crippen molar-refractivity contribution < 1.29 is 4.79 Å². The summed E-state index contributed by atoms with van der Waals surface area (Å²) in [6.45, 7) is 1.27. The average Bonchev–Trinajstić information content (AvgIpc) is 2.40. The van der Waals surface area contributed by atoms with Crippen LogP contribution < -0.4 is 5.73 Å². The van der Waals surface area contributed by atoms with Crippen LogP contribution in [0.1, 0.15) is 37.3 Å². The lowest BCUT2D eigenvalue weighted by molar-refractivity contribution is -0.134. The Bertz CT molecular complexity index is 366. The van der Waals surface area contributed by atoms with Crippen LogP contribution in [0, 0.1) is 0 Å². The molecule has 0 radical (unpaired) electrons. The highest BCUT2D eigenvalue weighted by molar-refractivity contribution is 5.77. The van der Waals surface area contributed by atoms with Crippen LogP contribution in [-0.4, -0.2) is 28.9 Å². The molecule has 2 heterocycles. The molecule has 0 saturated carbocycles. The molecule has 1 atom stereocenters. The molecule has 0 bridgehead atoms. The zero-order valence-corrected chi connectivity index (χ0v) is 10.0. The Labute approximate surface area is 102 Å². The van der Waals surface area contributed by atoms with Crippen molar-refractivity contribution in [3.63, 3.8) is 0 Å². The summed E-state index contributed by atoms with van der Waals surface area (Å²) < 4.78 is 0. The minimum Gasteiger partial charge on any atom is -0.336 e. The number of carbonyl (C=O) groups is 1. The minimum absolute atomic E-state index is 0.168. The Balaban J connectivity index is 2.15. The van der Waals surface area contributed by atoms with Crippen molar-refractivity contribution in [2.24, 2.45) is 5.73 Å². The topological polar surface area (TPSA) is 59.2 Å². The van der Waals surface area contributed by atoms with E-state index in [0.29, 0.717) is 13.0 Å². The molecule has 2 rings (SSSR count). The molecular formula is C13H19N3O. The van der Waals surface area contributed by atoms with Crippen LogP contribution in [0.3, 0.4) is 0 Å². The van der Waals surface area contributed by atoms with Crippen molar-refractivity contribution in [3.8, 4) is 0 Å². The summed E-state index contributed by atoms with van der Waals surface area (Å²) in [4.78, 5) is 18.1. The maximum atomic E-state index is 12.0. The lowest BCUT2D eigenvalue weighted by Crippen LogP contribution is -2.39. The number of hydrogen-bond donors (Lipinski definition) is 1. The first-order valence-electron chi connectivity index (χ1n) is 6.22. The lowest BCUT2D eigenvalue weighted by Gasteiger charge is -2.36. The first-order chi connectivity index (χ1) is 8.33. The van der Waals surface area contributed by atoms with E-state index in [0.717, 1.165) is 24.9 Å². The number of likely N-dealkylation sites (tertiary alicyclic amines) is 1. The summed E-state index contributed by atoms with van der Waals surface area (Å²) in [5, 5.41) is 0. The molecule has 1 aliphatic rings. The van der Waals surface area contributed by atoms with Crippen LogP contribution in [0.25, 0.3) is 0 Å². The predicted octanol–water partition coefficient (Wildman–Crippen LogP) is 1.48. The van der Waals surface area contributed by atoms with Gasteiger partial charge in [-0.3, -0.25) is 9.78 Å². The third kappa shape index (κ3) is 2.82. The molecule has 0 unspecified atom stereocenters. The summed E-state index contributed by atoms with van der Waals surface area (Å²) in [6.07, 6.45) is 7.36. The van der Waals surface area contributed by atoms with Crippen LogP contribution in [0.15, 0.2) is 24.5 Å². The third-order valence-corrected chi connectivity index (χ3v) is 3.25.